The molecule has 7 heterocycles. The van der Waals surface area contributed by atoms with E-state index in [1.165, 1.54) is 44.3 Å². The molecule has 0 aromatic heterocycles. The number of phenols is 3. The lowest BCUT2D eigenvalue weighted by Crippen LogP contribution is -2.65. The minimum absolute atomic E-state index is 0.0602. The van der Waals surface area contributed by atoms with Crippen molar-refractivity contribution in [2.45, 2.75) is 169 Å². The lowest BCUT2D eigenvalue weighted by atomic mass is 9.84. The molecule has 18 atom stereocenters. The standard InChI is InChI=1S/C83H87Cl2F4N13O26/c1-31(2)18-47(92-5)73(115)99-62-64(108)35-10-16-51(44(84)21-35)124-53-23-38-24-54(68(53)128-81-69(67(111)66(110)55(30-103)126-81)127-57-28-82(4,70(112)32(3)123-57)93-29-33-6-12-39(13-7-33)94-72(114)37-8-14-46(86)43(20-37)83(87,88)89)125-52-17-11-36(22-45(52)85)65(109)63-78(120)98-61(79(121)101-102-80(122)71(91)113)42-25-40(104)26-50(106)58(42)41-19-34(9-15-49(41)105)59(75(117)100-63)97-76(118)60(38)96-74(116)48(27-56(90)107)95-77(62)119/h6-17,19-26,31-32,47-48,55,57,59-67,69-70,81,92-93,103-106,108-112H,18,27-30H2,1-5H3,(H2,90,107)(H2,91,113)(H,94,114)(H,95,119)(H,96,116)(H,97,118)(H,98,120)(H,99,115)(H,100,117)(H,101,121)(H,102,122)/t32-,47+,48-,55+,57-,59+,60+,61+,62+,63-,64+,65+,66+,67-,69+,70+,81-,82-/m0/s1. The van der Waals surface area contributed by atoms with E-state index >= 15 is 24.0 Å². The molecule has 45 heteroatoms. The zero-order valence-corrected chi connectivity index (χ0v) is 69.4. The fourth-order valence-corrected chi connectivity index (χ4v) is 15.5. The number of carbonyl (C=O) groups excluding carboxylic acids is 11. The Bertz CT molecular complexity index is 5510. The number of halogens is 6. The minimum Gasteiger partial charge on any atom is -0.508 e. The Morgan fingerprint density at radius 2 is 1.30 bits per heavy atom. The summed E-state index contributed by atoms with van der Waals surface area (Å²) in [5.41, 5.74) is 8.06. The second-order valence-corrected chi connectivity index (χ2v) is 32.1. The first-order valence-corrected chi connectivity index (χ1v) is 40.0. The largest absolute Gasteiger partial charge is 0.508 e. The van der Waals surface area contributed by atoms with Crippen LogP contribution in [0, 0.1) is 11.7 Å². The first kappa shape index (κ1) is 94.5. The molecule has 2 fully saturated rings. The second-order valence-electron chi connectivity index (χ2n) is 31.3. The lowest BCUT2D eigenvalue weighted by molar-refractivity contribution is -0.334. The van der Waals surface area contributed by atoms with E-state index in [4.69, 9.17) is 63.1 Å². The number of amides is 11. The van der Waals surface area contributed by atoms with E-state index in [1.807, 2.05) is 5.43 Å². The molecule has 7 aliphatic rings. The summed E-state index contributed by atoms with van der Waals surface area (Å²) < 4.78 is 94.0. The van der Waals surface area contributed by atoms with Gasteiger partial charge in [-0.15, -0.1) is 0 Å². The number of anilines is 1. The molecular formula is C83H87Cl2F4N13O26. The van der Waals surface area contributed by atoms with E-state index in [1.54, 1.807) is 26.2 Å². The number of aromatic hydroxyl groups is 3. The number of hydrogen-bond donors (Lipinski definition) is 22. The summed E-state index contributed by atoms with van der Waals surface area (Å²) in [6.45, 7) is 5.48. The van der Waals surface area contributed by atoms with Gasteiger partial charge < -0.3 is 134 Å². The number of fused-ring (bicyclic) bond motifs is 15. The van der Waals surface area contributed by atoms with Crippen molar-refractivity contribution in [2.24, 2.45) is 17.4 Å². The van der Waals surface area contributed by atoms with E-state index in [2.05, 4.69) is 47.9 Å². The first-order valence-electron chi connectivity index (χ1n) is 39.3. The maximum atomic E-state index is 16.3. The number of primary amides is 2. The van der Waals surface area contributed by atoms with Gasteiger partial charge in [-0.1, -0.05) is 67.4 Å². The number of aliphatic hydroxyl groups excluding tert-OH is 6. The van der Waals surface area contributed by atoms with Gasteiger partial charge in [0, 0.05) is 46.9 Å². The van der Waals surface area contributed by atoms with Crippen LogP contribution >= 0.6 is 23.2 Å². The molecule has 0 spiro atoms. The Morgan fingerprint density at radius 3 is 1.91 bits per heavy atom. The summed E-state index contributed by atoms with van der Waals surface area (Å²) >= 11 is 14.3. The highest BCUT2D eigenvalue weighted by Crippen LogP contribution is 2.50. The van der Waals surface area contributed by atoms with Crippen molar-refractivity contribution in [3.63, 3.8) is 0 Å². The van der Waals surface area contributed by atoms with Crippen molar-refractivity contribution in [1.82, 2.24) is 53.4 Å². The fraction of sp³-hybridized carbons (Fsp3) is 0.361. The second kappa shape index (κ2) is 38.9. The Morgan fingerprint density at radius 1 is 0.680 bits per heavy atom. The molecule has 682 valence electrons. The number of nitrogens with one attached hydrogen (secondary N) is 11. The highest BCUT2D eigenvalue weighted by molar-refractivity contribution is 6.34. The van der Waals surface area contributed by atoms with Crippen LogP contribution in [0.3, 0.4) is 0 Å². The number of likely N-dealkylation sites (N-methyl/N-ethyl adjacent to an activating group) is 1. The molecule has 0 unspecified atom stereocenters. The van der Waals surface area contributed by atoms with Gasteiger partial charge in [-0.2, -0.15) is 13.2 Å². The molecule has 2 saturated heterocycles. The van der Waals surface area contributed by atoms with Gasteiger partial charge in [-0.05, 0) is 152 Å². The summed E-state index contributed by atoms with van der Waals surface area (Å²) in [4.78, 5) is 157. The van der Waals surface area contributed by atoms with Crippen molar-refractivity contribution in [1.29, 1.82) is 0 Å². The molecule has 0 aliphatic carbocycles. The monoisotopic (exact) mass is 1830 g/mol. The highest BCUT2D eigenvalue weighted by Gasteiger charge is 2.53. The molecule has 14 rings (SSSR count). The van der Waals surface area contributed by atoms with E-state index in [-0.39, 0.29) is 42.1 Å². The summed E-state index contributed by atoms with van der Waals surface area (Å²) in [6, 6.07) is 5.55. The normalized spacial score (nSPS) is 25.7. The summed E-state index contributed by atoms with van der Waals surface area (Å²) in [7, 11) is 1.44. The van der Waals surface area contributed by atoms with Crippen LogP contribution in [0.25, 0.3) is 11.1 Å². The predicted octanol–water partition coefficient (Wildman–Crippen LogP) is 1.90. The van der Waals surface area contributed by atoms with Gasteiger partial charge in [0.25, 0.3) is 11.8 Å². The number of rotatable bonds is 18. The van der Waals surface area contributed by atoms with Gasteiger partial charge in [-0.25, -0.2) is 4.39 Å². The van der Waals surface area contributed by atoms with Gasteiger partial charge >= 0.3 is 18.0 Å². The van der Waals surface area contributed by atoms with Crippen molar-refractivity contribution < 1.29 is 145 Å². The minimum atomic E-state index is -5.10. The number of nitrogens with two attached hydrogens (primary N) is 2. The molecule has 128 heavy (non-hydrogen) atoms. The van der Waals surface area contributed by atoms with E-state index in [9.17, 15) is 92.3 Å². The molecule has 24 N–H and O–H groups in total. The number of benzene rings is 7. The maximum Gasteiger partial charge on any atom is 0.419 e. The molecule has 11 bridgehead atoms. The quantitative estimate of drug-likeness (QED) is 0.0331. The van der Waals surface area contributed by atoms with Crippen molar-refractivity contribution in [3.05, 3.63) is 182 Å². The van der Waals surface area contributed by atoms with Gasteiger partial charge in [0.15, 0.2) is 23.9 Å². The molecule has 0 radical (unpaired) electrons. The number of phenolic OH excluding ortho intramolecular Hbond substituents is 3. The van der Waals surface area contributed by atoms with Crippen LogP contribution in [-0.2, 0) is 74.9 Å². The summed E-state index contributed by atoms with van der Waals surface area (Å²) in [5, 5.41) is 129. The third-order valence-corrected chi connectivity index (χ3v) is 22.3. The average molecular weight is 1830 g/mol. The van der Waals surface area contributed by atoms with Crippen molar-refractivity contribution >= 4 is 93.9 Å². The SMILES string of the molecule is CN[C@H](CC(C)C)C(=O)N[C@H]1C(=O)N[C@@H](CC(N)=O)C(=O)N[C@H]2C(=O)N[C@H]3C(=O)N[C@H](C(=O)N[C@@H](C(=O)NNC(=O)C(N)=O)c4cc(O)cc(O)c4-c4cc3ccc4O)[C@H](O)c3ccc(c(Cl)c3)Oc3cc2cc(c3O[C@@H]2O[C@H](CO)[C@@H](O)[C@H](O)[C@H]2O[C@H]2C[C@](C)(NCc3ccc(NC(=O)c4ccc(F)c(C(F)(F)F)c4)cc3)[C@H](O)[C@H](C)O2)Oc2ccc(cc2Cl)[C@H]1O. The van der Waals surface area contributed by atoms with Crippen LogP contribution in [0.5, 0.6) is 46.0 Å². The Hall–Kier alpha value is -12.6. The van der Waals surface area contributed by atoms with Crippen LogP contribution < -0.4 is 84.4 Å². The zero-order valence-electron chi connectivity index (χ0n) is 67.9. The topological polar surface area (TPSA) is 610 Å². The molecule has 11 amide bonds. The molecular weight excluding hydrogens is 1740 g/mol. The molecule has 0 saturated carbocycles. The Labute approximate surface area is 732 Å². The van der Waals surface area contributed by atoms with Crippen LogP contribution in [0.2, 0.25) is 10.0 Å². The number of hydrazine groups is 1. The predicted molar refractivity (Wildman–Crippen MR) is 436 cm³/mol. The number of ether oxygens (including phenoxy) is 6. The fourth-order valence-electron chi connectivity index (χ4n) is 15.0. The molecule has 7 aromatic carbocycles. The zero-order chi connectivity index (χ0) is 93.1. The van der Waals surface area contributed by atoms with Gasteiger partial charge in [0.2, 0.25) is 53.4 Å². The molecule has 7 aliphatic heterocycles. The van der Waals surface area contributed by atoms with Crippen molar-refractivity contribution in [3.8, 4) is 57.1 Å². The summed E-state index contributed by atoms with van der Waals surface area (Å²) in [5.74, 6) is -22.8. The highest BCUT2D eigenvalue weighted by atomic mass is 35.5. The van der Waals surface area contributed by atoms with E-state index in [0.29, 0.717) is 23.8 Å². The number of alkyl halides is 3. The van der Waals surface area contributed by atoms with Gasteiger partial charge in [0.05, 0.1) is 46.9 Å². The summed E-state index contributed by atoms with van der Waals surface area (Å²) in [6.07, 6.45) is -25.3. The first-order chi connectivity index (χ1) is 60.4. The van der Waals surface area contributed by atoms with Crippen molar-refractivity contribution in [2.75, 3.05) is 19.0 Å². The van der Waals surface area contributed by atoms with Crippen LogP contribution in [-0.4, -0.2) is 204 Å². The molecule has 7 aromatic rings. The van der Waals surface area contributed by atoms with Gasteiger partial charge in [-0.3, -0.25) is 63.6 Å². The van der Waals surface area contributed by atoms with Crippen LogP contribution in [0.4, 0.5) is 23.2 Å². The third kappa shape index (κ3) is 21.0. The number of carbonyl (C=O) groups is 11. The number of hydrogen-bond acceptors (Lipinski definition) is 28. The van der Waals surface area contributed by atoms with Crippen LogP contribution in [0.15, 0.2) is 121 Å². The van der Waals surface area contributed by atoms with E-state index in [0.717, 1.165) is 72.8 Å². The smallest absolute Gasteiger partial charge is 0.419 e. The lowest BCUT2D eigenvalue weighted by Gasteiger charge is -2.48. The Balaban J connectivity index is 1.01. The number of aliphatic hydroxyl groups is 6. The van der Waals surface area contributed by atoms with E-state index < -0.39 is 294 Å². The molecule has 39 nitrogen and oxygen atoms in total. The van der Waals surface area contributed by atoms with Gasteiger partial charge in [0.1, 0.15) is 101 Å². The maximum absolute atomic E-state index is 16.3. The van der Waals surface area contributed by atoms with Crippen LogP contribution in [0.1, 0.15) is 127 Å². The average Bonchev–Trinajstić information content (AvgIpc) is 0.763. The third-order valence-electron chi connectivity index (χ3n) is 21.7. The Kier molecular flexibility index (Phi) is 28.7.